The molecule has 0 saturated heterocycles. The Bertz CT molecular complexity index is 373. The average Bonchev–Trinajstić information content (AvgIpc) is 2.29. The van der Waals surface area contributed by atoms with Gasteiger partial charge in [-0.15, -0.1) is 11.6 Å². The maximum atomic E-state index is 12.9. The number of halogens is 2. The SMILES string of the molecule is O=C(CCl)Nc1ccc(F)cc1OCCO. The molecular formula is C10H11ClFNO3. The quantitative estimate of drug-likeness (QED) is 0.773. The minimum Gasteiger partial charge on any atom is -0.489 e. The van der Waals surface area contributed by atoms with Gasteiger partial charge in [0.05, 0.1) is 12.3 Å². The van der Waals surface area contributed by atoms with Gasteiger partial charge in [0.1, 0.15) is 24.1 Å². The summed E-state index contributed by atoms with van der Waals surface area (Å²) in [7, 11) is 0. The monoisotopic (exact) mass is 247 g/mol. The first-order chi connectivity index (χ1) is 7.67. The molecule has 6 heteroatoms. The number of rotatable bonds is 5. The molecule has 1 rings (SSSR count). The number of alkyl halides is 1. The minimum absolute atomic E-state index is 0.0210. The third kappa shape index (κ3) is 3.67. The summed E-state index contributed by atoms with van der Waals surface area (Å²) in [5, 5.41) is 11.0. The van der Waals surface area contributed by atoms with Crippen LogP contribution in [0.3, 0.4) is 0 Å². The summed E-state index contributed by atoms with van der Waals surface area (Å²) in [5.41, 5.74) is 0.320. The summed E-state index contributed by atoms with van der Waals surface area (Å²) in [4.78, 5) is 11.1. The van der Waals surface area contributed by atoms with Crippen molar-refractivity contribution in [1.82, 2.24) is 0 Å². The van der Waals surface area contributed by atoms with E-state index in [1.165, 1.54) is 12.1 Å². The zero-order valence-electron chi connectivity index (χ0n) is 8.37. The van der Waals surface area contributed by atoms with E-state index in [9.17, 15) is 9.18 Å². The van der Waals surface area contributed by atoms with Crippen LogP contribution in [0.15, 0.2) is 18.2 Å². The lowest BCUT2D eigenvalue weighted by Crippen LogP contribution is -2.14. The maximum Gasteiger partial charge on any atom is 0.239 e. The molecule has 1 amide bonds. The van der Waals surface area contributed by atoms with Gasteiger partial charge in [-0.2, -0.15) is 0 Å². The second kappa shape index (κ2) is 6.30. The number of anilines is 1. The molecule has 0 spiro atoms. The van der Waals surface area contributed by atoms with Crippen LogP contribution in [-0.2, 0) is 4.79 Å². The maximum absolute atomic E-state index is 12.9. The van der Waals surface area contributed by atoms with Crippen LogP contribution in [-0.4, -0.2) is 30.1 Å². The number of benzene rings is 1. The van der Waals surface area contributed by atoms with E-state index in [0.717, 1.165) is 6.07 Å². The number of nitrogens with one attached hydrogen (secondary N) is 1. The van der Waals surface area contributed by atoms with Gasteiger partial charge in [0.15, 0.2) is 0 Å². The van der Waals surface area contributed by atoms with E-state index in [0.29, 0.717) is 5.69 Å². The van der Waals surface area contributed by atoms with E-state index in [4.69, 9.17) is 21.4 Å². The van der Waals surface area contributed by atoms with Crippen molar-refractivity contribution in [3.63, 3.8) is 0 Å². The number of aliphatic hydroxyl groups excluding tert-OH is 1. The molecule has 0 unspecified atom stereocenters. The molecule has 0 aliphatic rings. The van der Waals surface area contributed by atoms with Crippen LogP contribution in [0.5, 0.6) is 5.75 Å². The Balaban J connectivity index is 2.84. The first kappa shape index (κ1) is 12.7. The zero-order valence-corrected chi connectivity index (χ0v) is 9.13. The van der Waals surface area contributed by atoms with E-state index >= 15 is 0 Å². The second-order valence-electron chi connectivity index (χ2n) is 2.89. The zero-order chi connectivity index (χ0) is 12.0. The fourth-order valence-electron chi connectivity index (χ4n) is 1.06. The molecule has 88 valence electrons. The number of hydrogen-bond donors (Lipinski definition) is 2. The number of carbonyl (C=O) groups excluding carboxylic acids is 1. The number of hydrogen-bond acceptors (Lipinski definition) is 3. The van der Waals surface area contributed by atoms with E-state index in [1.54, 1.807) is 0 Å². The Morgan fingerprint density at radius 2 is 2.31 bits per heavy atom. The number of carbonyl (C=O) groups is 1. The smallest absolute Gasteiger partial charge is 0.239 e. The summed E-state index contributed by atoms with van der Waals surface area (Å²) < 4.78 is 18.0. The van der Waals surface area contributed by atoms with Gasteiger partial charge < -0.3 is 15.2 Å². The van der Waals surface area contributed by atoms with Gasteiger partial charge in [-0.1, -0.05) is 0 Å². The van der Waals surface area contributed by atoms with Crippen molar-refractivity contribution in [2.24, 2.45) is 0 Å². The molecular weight excluding hydrogens is 237 g/mol. The molecule has 16 heavy (non-hydrogen) atoms. The van der Waals surface area contributed by atoms with Crippen molar-refractivity contribution in [3.05, 3.63) is 24.0 Å². The predicted octanol–water partition coefficient (Wildman–Crippen LogP) is 1.37. The fourth-order valence-corrected chi connectivity index (χ4v) is 1.12. The predicted molar refractivity (Wildman–Crippen MR) is 58.3 cm³/mol. The average molecular weight is 248 g/mol. The van der Waals surface area contributed by atoms with Gasteiger partial charge in [-0.25, -0.2) is 4.39 Å². The molecule has 0 fully saturated rings. The van der Waals surface area contributed by atoms with Crippen molar-refractivity contribution < 1.29 is 19.0 Å². The first-order valence-corrected chi connectivity index (χ1v) is 5.10. The van der Waals surface area contributed by atoms with Crippen molar-refractivity contribution in [2.75, 3.05) is 24.4 Å². The van der Waals surface area contributed by atoms with Crippen LogP contribution < -0.4 is 10.1 Å². The van der Waals surface area contributed by atoms with E-state index in [1.807, 2.05) is 0 Å². The highest BCUT2D eigenvalue weighted by atomic mass is 35.5. The topological polar surface area (TPSA) is 58.6 Å². The van der Waals surface area contributed by atoms with Gasteiger partial charge in [-0.3, -0.25) is 4.79 Å². The van der Waals surface area contributed by atoms with Crippen molar-refractivity contribution >= 4 is 23.2 Å². The van der Waals surface area contributed by atoms with Crippen LogP contribution in [0.2, 0.25) is 0 Å². The van der Waals surface area contributed by atoms with Crippen molar-refractivity contribution in [1.29, 1.82) is 0 Å². The van der Waals surface area contributed by atoms with Gasteiger partial charge in [0, 0.05) is 6.07 Å². The van der Waals surface area contributed by atoms with Crippen molar-refractivity contribution in [2.45, 2.75) is 0 Å². The van der Waals surface area contributed by atoms with Gasteiger partial charge >= 0.3 is 0 Å². The summed E-state index contributed by atoms with van der Waals surface area (Å²) >= 11 is 5.32. The summed E-state index contributed by atoms with van der Waals surface area (Å²) in [5.74, 6) is -0.942. The Morgan fingerprint density at radius 1 is 1.56 bits per heavy atom. The Labute approximate surface area is 97.0 Å². The van der Waals surface area contributed by atoms with Crippen LogP contribution in [0.25, 0.3) is 0 Å². The van der Waals surface area contributed by atoms with E-state index < -0.39 is 11.7 Å². The van der Waals surface area contributed by atoms with Crippen LogP contribution >= 0.6 is 11.6 Å². The Hall–Kier alpha value is -1.33. The number of ether oxygens (including phenoxy) is 1. The number of amides is 1. The van der Waals surface area contributed by atoms with Crippen LogP contribution in [0.1, 0.15) is 0 Å². The first-order valence-electron chi connectivity index (χ1n) is 4.56. The standard InChI is InChI=1S/C10H11ClFNO3/c11-6-10(15)13-8-2-1-7(12)5-9(8)16-4-3-14/h1-2,5,14H,3-4,6H2,(H,13,15). The van der Waals surface area contributed by atoms with E-state index in [-0.39, 0.29) is 24.8 Å². The van der Waals surface area contributed by atoms with Crippen LogP contribution in [0, 0.1) is 5.82 Å². The molecule has 0 atom stereocenters. The third-order valence-corrected chi connectivity index (χ3v) is 1.93. The highest BCUT2D eigenvalue weighted by Gasteiger charge is 2.08. The summed E-state index contributed by atoms with van der Waals surface area (Å²) in [6.45, 7) is -0.174. The number of aliphatic hydroxyl groups is 1. The molecule has 0 bridgehead atoms. The Kier molecular flexibility index (Phi) is 5.01. The minimum atomic E-state index is -0.489. The highest BCUT2D eigenvalue weighted by molar-refractivity contribution is 6.29. The highest BCUT2D eigenvalue weighted by Crippen LogP contribution is 2.25. The normalized spacial score (nSPS) is 9.94. The molecule has 0 aromatic heterocycles. The van der Waals surface area contributed by atoms with Crippen LogP contribution in [0.4, 0.5) is 10.1 Å². The molecule has 0 radical (unpaired) electrons. The second-order valence-corrected chi connectivity index (χ2v) is 3.16. The summed E-state index contributed by atoms with van der Waals surface area (Å²) in [6.07, 6.45) is 0. The molecule has 0 heterocycles. The largest absolute Gasteiger partial charge is 0.489 e. The molecule has 0 aliphatic heterocycles. The molecule has 0 aliphatic carbocycles. The van der Waals surface area contributed by atoms with E-state index in [2.05, 4.69) is 5.32 Å². The van der Waals surface area contributed by atoms with Gasteiger partial charge in [0.25, 0.3) is 0 Å². The lowest BCUT2D eigenvalue weighted by molar-refractivity contribution is -0.113. The lowest BCUT2D eigenvalue weighted by atomic mass is 10.3. The molecule has 2 N–H and O–H groups in total. The Morgan fingerprint density at radius 3 is 2.94 bits per heavy atom. The van der Waals surface area contributed by atoms with Crippen molar-refractivity contribution in [3.8, 4) is 5.75 Å². The summed E-state index contributed by atoms with van der Waals surface area (Å²) in [6, 6.07) is 3.68. The molecule has 1 aromatic rings. The fraction of sp³-hybridized carbons (Fsp3) is 0.300. The third-order valence-electron chi connectivity index (χ3n) is 1.69. The molecule has 1 aromatic carbocycles. The van der Waals surface area contributed by atoms with Gasteiger partial charge in [0.2, 0.25) is 5.91 Å². The molecule has 4 nitrogen and oxygen atoms in total. The molecule has 0 saturated carbocycles. The lowest BCUT2D eigenvalue weighted by Gasteiger charge is -2.11. The van der Waals surface area contributed by atoms with Gasteiger partial charge in [-0.05, 0) is 12.1 Å².